The number of benzene rings is 3. The number of para-hydroxylation sites is 1. The van der Waals surface area contributed by atoms with Crippen LogP contribution in [0.4, 0.5) is 4.79 Å². The first-order valence-electron chi connectivity index (χ1n) is 15.2. The minimum Gasteiger partial charge on any atom is -0.488 e. The molecule has 3 aromatic carbocycles. The van der Waals surface area contributed by atoms with E-state index in [1.807, 2.05) is 107 Å². The molecule has 11 heteroatoms. The third kappa shape index (κ3) is 11.3. The van der Waals surface area contributed by atoms with Gasteiger partial charge in [-0.2, -0.15) is 13.5 Å². The maximum Gasteiger partial charge on any atom is 0.408 e. The lowest BCUT2D eigenvalue weighted by Gasteiger charge is -2.31. The van der Waals surface area contributed by atoms with Crippen LogP contribution in [-0.2, 0) is 38.6 Å². The number of carbonyl (C=O) groups is 2. The van der Waals surface area contributed by atoms with Gasteiger partial charge in [0.2, 0.25) is 5.91 Å². The molecule has 1 atom stereocenters. The minimum absolute atomic E-state index is 0. The van der Waals surface area contributed by atoms with Crippen LogP contribution in [0.2, 0.25) is 0 Å². The maximum absolute atomic E-state index is 14.4. The van der Waals surface area contributed by atoms with Crippen molar-refractivity contribution < 1.29 is 28.5 Å². The molecule has 0 radical (unpaired) electrons. The van der Waals surface area contributed by atoms with Gasteiger partial charge in [-0.15, -0.1) is 11.3 Å². The molecule has 0 spiro atoms. The van der Waals surface area contributed by atoms with Crippen molar-refractivity contribution in [3.63, 3.8) is 0 Å². The molecule has 0 fully saturated rings. The van der Waals surface area contributed by atoms with Gasteiger partial charge in [-0.3, -0.25) is 4.79 Å². The normalized spacial score (nSPS) is 12.0. The van der Waals surface area contributed by atoms with Crippen molar-refractivity contribution in [1.29, 1.82) is 0 Å². The molecule has 46 heavy (non-hydrogen) atoms. The third-order valence-corrected chi connectivity index (χ3v) is 7.58. The number of hydrogen-bond donors (Lipinski definition) is 1. The Bertz CT molecular complexity index is 1500. The van der Waals surface area contributed by atoms with Gasteiger partial charge in [0.05, 0.1) is 22.3 Å². The Kier molecular flexibility index (Phi) is 14.3. The summed E-state index contributed by atoms with van der Waals surface area (Å²) in [6, 6.07) is 22.0. The topological polar surface area (TPSA) is 99.2 Å². The van der Waals surface area contributed by atoms with Crippen molar-refractivity contribution in [2.45, 2.75) is 72.1 Å². The predicted molar refractivity (Wildman–Crippen MR) is 187 cm³/mol. The van der Waals surface area contributed by atoms with E-state index in [2.05, 4.69) is 10.3 Å². The van der Waals surface area contributed by atoms with Crippen molar-refractivity contribution in [2.24, 2.45) is 0 Å². The highest BCUT2D eigenvalue weighted by molar-refractivity contribution is 7.59. The first-order chi connectivity index (χ1) is 21.6. The molecule has 0 saturated heterocycles. The number of rotatable bonds is 15. The van der Waals surface area contributed by atoms with E-state index in [1.165, 1.54) is 0 Å². The fraction of sp³-hybridized carbons (Fsp3) is 0.400. The fourth-order valence-corrected chi connectivity index (χ4v) is 5.55. The van der Waals surface area contributed by atoms with Gasteiger partial charge < -0.3 is 29.2 Å². The lowest BCUT2D eigenvalue weighted by molar-refractivity contribution is -0.160. The average molecular weight is 668 g/mol. The highest BCUT2D eigenvalue weighted by Gasteiger charge is 2.30. The summed E-state index contributed by atoms with van der Waals surface area (Å²) >= 11 is 1.54. The van der Waals surface area contributed by atoms with E-state index in [0.29, 0.717) is 13.2 Å². The number of nitrogens with one attached hydrogen (secondary N) is 1. The van der Waals surface area contributed by atoms with Gasteiger partial charge in [0, 0.05) is 26.2 Å². The molecule has 248 valence electrons. The molecule has 1 heterocycles. The molecule has 4 rings (SSSR count). The number of carbonyl (C=O) groups excluding carboxylic acids is 2. The number of aromatic nitrogens is 1. The van der Waals surface area contributed by atoms with Crippen LogP contribution in [0.5, 0.6) is 5.75 Å². The monoisotopic (exact) mass is 667 g/mol. The summed E-state index contributed by atoms with van der Waals surface area (Å²) in [7, 11) is 0. The van der Waals surface area contributed by atoms with Gasteiger partial charge in [-0.1, -0.05) is 54.6 Å². The van der Waals surface area contributed by atoms with Crippen molar-refractivity contribution in [1.82, 2.24) is 15.2 Å². The minimum atomic E-state index is -0.929. The summed E-state index contributed by atoms with van der Waals surface area (Å²) in [6.07, 6.45) is -1.09. The summed E-state index contributed by atoms with van der Waals surface area (Å²) in [5, 5.41) is 2.85. The quantitative estimate of drug-likeness (QED) is 0.139. The van der Waals surface area contributed by atoms with E-state index in [0.717, 1.165) is 32.7 Å². The predicted octanol–water partition coefficient (Wildman–Crippen LogP) is 6.85. The first-order valence-corrected chi connectivity index (χ1v) is 16.1. The van der Waals surface area contributed by atoms with E-state index >= 15 is 0 Å². The van der Waals surface area contributed by atoms with E-state index < -0.39 is 18.4 Å². The molecule has 1 aromatic heterocycles. The van der Waals surface area contributed by atoms with Crippen LogP contribution in [0.1, 0.15) is 51.3 Å². The molecule has 9 nitrogen and oxygen atoms in total. The van der Waals surface area contributed by atoms with Crippen molar-refractivity contribution in [3.8, 4) is 5.75 Å². The highest BCUT2D eigenvalue weighted by atomic mass is 32.1. The number of fused-ring (bicyclic) bond motifs is 1. The Morgan fingerprint density at radius 2 is 1.61 bits per heavy atom. The van der Waals surface area contributed by atoms with Crippen molar-refractivity contribution in [2.75, 3.05) is 19.8 Å². The van der Waals surface area contributed by atoms with Crippen LogP contribution in [-0.4, -0.2) is 59.6 Å². The summed E-state index contributed by atoms with van der Waals surface area (Å²) < 4.78 is 24.2. The molecule has 2 amide bonds. The van der Waals surface area contributed by atoms with Gasteiger partial charge in [0.25, 0.3) is 0 Å². The number of ether oxygens (including phenoxy) is 4. The average Bonchev–Trinajstić information content (AvgIpc) is 3.50. The number of alkyl carbamates (subject to hydrolysis) is 1. The van der Waals surface area contributed by atoms with Gasteiger partial charge in [0.1, 0.15) is 24.0 Å². The van der Waals surface area contributed by atoms with E-state index in [1.54, 1.807) is 21.7 Å². The Morgan fingerprint density at radius 3 is 2.26 bits per heavy atom. The van der Waals surface area contributed by atoms with Crippen LogP contribution < -0.4 is 10.1 Å². The Morgan fingerprint density at radius 1 is 0.913 bits per heavy atom. The zero-order valence-corrected chi connectivity index (χ0v) is 29.0. The van der Waals surface area contributed by atoms with Gasteiger partial charge in [-0.05, 0) is 69.5 Å². The summed E-state index contributed by atoms with van der Waals surface area (Å²) in [5.41, 5.74) is 4.88. The lowest BCUT2D eigenvalue weighted by Crippen LogP contribution is -2.51. The smallest absolute Gasteiger partial charge is 0.408 e. The fourth-order valence-electron chi connectivity index (χ4n) is 4.83. The summed E-state index contributed by atoms with van der Waals surface area (Å²) in [6.45, 7) is 11.1. The Balaban J connectivity index is 0.00000576. The molecule has 0 aliphatic carbocycles. The van der Waals surface area contributed by atoms with E-state index in [4.69, 9.17) is 18.9 Å². The molecule has 0 aliphatic rings. The zero-order chi connectivity index (χ0) is 32.2. The zero-order valence-electron chi connectivity index (χ0n) is 27.2. The Labute approximate surface area is 282 Å². The number of thiazole rings is 1. The summed E-state index contributed by atoms with van der Waals surface area (Å²) in [4.78, 5) is 33.8. The second kappa shape index (κ2) is 17.9. The first kappa shape index (κ1) is 36.8. The summed E-state index contributed by atoms with van der Waals surface area (Å²) in [5.74, 6) is 0.428. The maximum atomic E-state index is 14.4. The number of hydrogen-bond acceptors (Lipinski definition) is 8. The van der Waals surface area contributed by atoms with Gasteiger partial charge >= 0.3 is 6.09 Å². The van der Waals surface area contributed by atoms with Crippen LogP contribution >= 0.6 is 24.8 Å². The molecule has 0 aliphatic heterocycles. The Hall–Kier alpha value is -3.64. The molecular formula is C35H45N3O6S2. The van der Waals surface area contributed by atoms with Crippen molar-refractivity contribution in [3.05, 3.63) is 95.0 Å². The second-order valence-electron chi connectivity index (χ2n) is 11.5. The van der Waals surface area contributed by atoms with Crippen LogP contribution in [0.3, 0.4) is 0 Å². The van der Waals surface area contributed by atoms with E-state index in [-0.39, 0.29) is 51.1 Å². The standard InChI is InChI=1S/C35H43N3O6S.H2S/c1-6-41-31(42-7-2)22-38(21-27-14-11-15-30-32(27)36-24-45-30)33(39)29(37-34(40)43-23-26-12-9-8-10-13-26)20-25-16-18-28(19-17-25)44-35(3,4)5;/h8-19,24,29,31H,6-7,20-23H2,1-5H3,(H,37,40);1H2/t29-;/m0./s1. The molecule has 0 bridgehead atoms. The number of amides is 2. The van der Waals surface area contributed by atoms with Crippen LogP contribution in [0, 0.1) is 0 Å². The van der Waals surface area contributed by atoms with Crippen molar-refractivity contribution >= 4 is 47.0 Å². The molecule has 0 saturated carbocycles. The van der Waals surface area contributed by atoms with Crippen LogP contribution in [0.25, 0.3) is 10.2 Å². The third-order valence-electron chi connectivity index (χ3n) is 6.78. The number of nitrogens with zero attached hydrogens (tertiary/aromatic N) is 2. The second-order valence-corrected chi connectivity index (χ2v) is 12.4. The molecule has 1 N–H and O–H groups in total. The molecule has 0 unspecified atom stereocenters. The molecular weight excluding hydrogens is 623 g/mol. The molecule has 4 aromatic rings. The van der Waals surface area contributed by atoms with Crippen LogP contribution in [0.15, 0.2) is 78.3 Å². The largest absolute Gasteiger partial charge is 0.488 e. The van der Waals surface area contributed by atoms with E-state index in [9.17, 15) is 9.59 Å². The highest BCUT2D eigenvalue weighted by Crippen LogP contribution is 2.24. The van der Waals surface area contributed by atoms with Gasteiger partial charge in [0.15, 0.2) is 6.29 Å². The SMILES string of the molecule is CCOC(CN(Cc1cccc2scnc12)C(=O)[C@H](Cc1ccc(OC(C)(C)C)cc1)NC(=O)OCc1ccccc1)OCC.S. The van der Waals surface area contributed by atoms with Gasteiger partial charge in [-0.25, -0.2) is 9.78 Å². The lowest BCUT2D eigenvalue weighted by atomic mass is 10.0.